The van der Waals surface area contributed by atoms with Crippen LogP contribution in [0.2, 0.25) is 0 Å². The van der Waals surface area contributed by atoms with Crippen LogP contribution in [0.5, 0.6) is 0 Å². The Hall–Kier alpha value is -0.160. The zero-order chi connectivity index (χ0) is 6.91. The zero-order valence-electron chi connectivity index (χ0n) is 4.87. The van der Waals surface area contributed by atoms with Gasteiger partial charge in [-0.1, -0.05) is 0 Å². The minimum Gasteiger partial charge on any atom is -0.393 e. The number of hydrogen-bond donors (Lipinski definition) is 3. The summed E-state index contributed by atoms with van der Waals surface area (Å²) in [5.74, 6) is 0. The van der Waals surface area contributed by atoms with E-state index < -0.39 is 12.2 Å². The second-order valence-corrected chi connectivity index (χ2v) is 2.13. The highest BCUT2D eigenvalue weighted by atomic mass is 16.5. The molecule has 53 valence electrons. The summed E-state index contributed by atoms with van der Waals surface area (Å²) in [6.45, 7) is -0.335. The third-order valence-electron chi connectivity index (χ3n) is 1.37. The molecule has 1 saturated heterocycles. The van der Waals surface area contributed by atoms with Gasteiger partial charge in [0, 0.05) is 0 Å². The summed E-state index contributed by atoms with van der Waals surface area (Å²) >= 11 is 0. The van der Waals surface area contributed by atoms with Crippen LogP contribution in [-0.4, -0.2) is 40.7 Å². The molecule has 0 aromatic rings. The van der Waals surface area contributed by atoms with Crippen molar-refractivity contribution in [3.63, 3.8) is 0 Å². The number of aliphatic hydroxyl groups is 3. The maximum Gasteiger partial charge on any atom is 0.154 e. The molecule has 1 radical (unpaired) electrons. The van der Waals surface area contributed by atoms with Crippen LogP contribution in [0, 0.1) is 6.10 Å². The second-order valence-electron chi connectivity index (χ2n) is 2.13. The highest BCUT2D eigenvalue weighted by molar-refractivity contribution is 5.04. The van der Waals surface area contributed by atoms with E-state index in [2.05, 4.69) is 4.74 Å². The Labute approximate surface area is 52.7 Å². The first kappa shape index (κ1) is 6.95. The molecule has 4 nitrogen and oxygen atoms in total. The van der Waals surface area contributed by atoms with Crippen LogP contribution < -0.4 is 0 Å². The van der Waals surface area contributed by atoms with Crippen molar-refractivity contribution < 1.29 is 20.1 Å². The van der Waals surface area contributed by atoms with Crippen LogP contribution in [0.15, 0.2) is 0 Å². The molecule has 1 aliphatic heterocycles. The molecule has 0 spiro atoms. The van der Waals surface area contributed by atoms with Crippen LogP contribution in [0.4, 0.5) is 0 Å². The fraction of sp³-hybridized carbons (Fsp3) is 0.800. The van der Waals surface area contributed by atoms with E-state index in [1.165, 1.54) is 0 Å². The van der Waals surface area contributed by atoms with Crippen LogP contribution in [0.1, 0.15) is 0 Å². The molecule has 0 aliphatic carbocycles. The maximum absolute atomic E-state index is 9.11. The Morgan fingerprint density at radius 2 is 2.11 bits per heavy atom. The molecule has 1 aliphatic rings. The second kappa shape index (κ2) is 2.22. The Morgan fingerprint density at radius 3 is 2.22 bits per heavy atom. The Kier molecular flexibility index (Phi) is 1.72. The molecule has 3 N–H and O–H groups in total. The summed E-state index contributed by atoms with van der Waals surface area (Å²) in [4.78, 5) is 0. The minimum atomic E-state index is -1.27. The van der Waals surface area contributed by atoms with Gasteiger partial charge in [0.2, 0.25) is 0 Å². The molecule has 1 heterocycles. The lowest BCUT2D eigenvalue weighted by atomic mass is 9.95. The van der Waals surface area contributed by atoms with Crippen molar-refractivity contribution in [3.05, 3.63) is 6.10 Å². The largest absolute Gasteiger partial charge is 0.393 e. The first-order valence-electron chi connectivity index (χ1n) is 2.65. The maximum atomic E-state index is 9.11. The molecular weight excluding hydrogens is 124 g/mol. The number of aliphatic hydroxyl groups excluding tert-OH is 2. The fourth-order valence-electron chi connectivity index (χ4n) is 0.609. The van der Waals surface area contributed by atoms with Crippen molar-refractivity contribution in [2.75, 3.05) is 19.8 Å². The summed E-state index contributed by atoms with van der Waals surface area (Å²) in [6, 6.07) is 0. The highest BCUT2D eigenvalue weighted by Gasteiger charge is 2.43. The van der Waals surface area contributed by atoms with Crippen LogP contribution in [0.25, 0.3) is 0 Å². The van der Waals surface area contributed by atoms with Crippen LogP contribution >= 0.6 is 0 Å². The fourth-order valence-corrected chi connectivity index (χ4v) is 0.609. The summed E-state index contributed by atoms with van der Waals surface area (Å²) in [5.41, 5.74) is -1.27. The topological polar surface area (TPSA) is 69.9 Å². The highest BCUT2D eigenvalue weighted by Crippen LogP contribution is 2.24. The van der Waals surface area contributed by atoms with Crippen molar-refractivity contribution in [1.29, 1.82) is 0 Å². The van der Waals surface area contributed by atoms with Gasteiger partial charge in [0.05, 0.1) is 19.8 Å². The number of hydrogen-bond acceptors (Lipinski definition) is 4. The van der Waals surface area contributed by atoms with Crippen LogP contribution in [-0.2, 0) is 4.74 Å². The number of rotatable bonds is 2. The standard InChI is InChI=1S/C5H9O4/c6-1-4(7)5(8)2-9-3-5/h6-8H,1-3H2. The lowest BCUT2D eigenvalue weighted by molar-refractivity contribution is -0.196. The van der Waals surface area contributed by atoms with Gasteiger partial charge in [0.25, 0.3) is 0 Å². The van der Waals surface area contributed by atoms with E-state index in [0.29, 0.717) is 0 Å². The van der Waals surface area contributed by atoms with Gasteiger partial charge in [0.15, 0.2) is 6.10 Å². The monoisotopic (exact) mass is 133 g/mol. The Morgan fingerprint density at radius 1 is 1.56 bits per heavy atom. The summed E-state index contributed by atoms with van der Waals surface area (Å²) in [7, 11) is 0. The SMILES string of the molecule is OC[C](O)C1(O)COC1. The predicted molar refractivity (Wildman–Crippen MR) is 28.0 cm³/mol. The van der Waals surface area contributed by atoms with Gasteiger partial charge < -0.3 is 20.1 Å². The minimum absolute atomic E-state index is 0.0827. The van der Waals surface area contributed by atoms with Gasteiger partial charge in [-0.15, -0.1) is 0 Å². The average molecular weight is 133 g/mol. The summed E-state index contributed by atoms with van der Waals surface area (Å²) in [6.07, 6.45) is -0.311. The van der Waals surface area contributed by atoms with Gasteiger partial charge in [0.1, 0.15) is 5.60 Å². The first-order chi connectivity index (χ1) is 4.19. The molecule has 0 saturated carbocycles. The predicted octanol–water partition coefficient (Wildman–Crippen LogP) is -1.36. The molecule has 0 atom stereocenters. The molecule has 4 heteroatoms. The average Bonchev–Trinajstić information content (AvgIpc) is 1.81. The van der Waals surface area contributed by atoms with Crippen molar-refractivity contribution in [2.45, 2.75) is 5.60 Å². The molecule has 1 rings (SSSR count). The third kappa shape index (κ3) is 1.07. The molecule has 0 amide bonds. The third-order valence-corrected chi connectivity index (χ3v) is 1.37. The Bertz CT molecular complexity index is 99.1. The van der Waals surface area contributed by atoms with Crippen molar-refractivity contribution >= 4 is 0 Å². The Balaban J connectivity index is 2.38. The van der Waals surface area contributed by atoms with Gasteiger partial charge in [-0.2, -0.15) is 0 Å². The quantitative estimate of drug-likeness (QED) is 0.435. The molecule has 0 aromatic carbocycles. The smallest absolute Gasteiger partial charge is 0.154 e. The van der Waals surface area contributed by atoms with E-state index >= 15 is 0 Å². The van der Waals surface area contributed by atoms with E-state index in [-0.39, 0.29) is 19.3 Å². The van der Waals surface area contributed by atoms with Gasteiger partial charge in [-0.05, 0) is 0 Å². The molecule has 0 bridgehead atoms. The zero-order valence-corrected chi connectivity index (χ0v) is 4.87. The van der Waals surface area contributed by atoms with Crippen LogP contribution in [0.3, 0.4) is 0 Å². The molecule has 1 fully saturated rings. The molecular formula is C5H9O4. The molecule has 0 aromatic heterocycles. The summed E-state index contributed by atoms with van der Waals surface area (Å²) in [5, 5.41) is 26.2. The molecule has 0 unspecified atom stereocenters. The van der Waals surface area contributed by atoms with E-state index in [4.69, 9.17) is 15.3 Å². The van der Waals surface area contributed by atoms with Gasteiger partial charge in [-0.25, -0.2) is 0 Å². The van der Waals surface area contributed by atoms with E-state index in [0.717, 1.165) is 0 Å². The van der Waals surface area contributed by atoms with E-state index in [9.17, 15) is 0 Å². The van der Waals surface area contributed by atoms with Crippen molar-refractivity contribution in [1.82, 2.24) is 0 Å². The lowest BCUT2D eigenvalue weighted by Crippen LogP contribution is -2.55. The summed E-state index contributed by atoms with van der Waals surface area (Å²) < 4.78 is 4.62. The van der Waals surface area contributed by atoms with Gasteiger partial charge >= 0.3 is 0 Å². The van der Waals surface area contributed by atoms with Crippen molar-refractivity contribution in [3.8, 4) is 0 Å². The lowest BCUT2D eigenvalue weighted by Gasteiger charge is -2.38. The first-order valence-corrected chi connectivity index (χ1v) is 2.65. The normalized spacial score (nSPS) is 24.0. The van der Waals surface area contributed by atoms with E-state index in [1.807, 2.05) is 0 Å². The van der Waals surface area contributed by atoms with Gasteiger partial charge in [-0.3, -0.25) is 0 Å². The number of ether oxygens (including phenoxy) is 1. The van der Waals surface area contributed by atoms with Crippen molar-refractivity contribution in [2.24, 2.45) is 0 Å². The van der Waals surface area contributed by atoms with E-state index in [1.54, 1.807) is 0 Å². The molecule has 9 heavy (non-hydrogen) atoms.